The van der Waals surface area contributed by atoms with Crippen LogP contribution in [-0.4, -0.2) is 11.0 Å². The molecule has 0 atom stereocenters. The number of halogens is 1. The lowest BCUT2D eigenvalue weighted by atomic mass is 10.1. The molecule has 1 N–H and O–H groups in total. The first-order valence-electron chi connectivity index (χ1n) is 5.53. The Morgan fingerprint density at radius 1 is 1.11 bits per heavy atom. The number of rotatable bonds is 1. The fraction of sp³-hybridized carbons (Fsp3) is 0.0714. The summed E-state index contributed by atoms with van der Waals surface area (Å²) in [5, 5.41) is 2.32. The summed E-state index contributed by atoms with van der Waals surface area (Å²) in [6, 6.07) is 11.9. The molecule has 2 aromatic carbocycles. The summed E-state index contributed by atoms with van der Waals surface area (Å²) in [6.45, 7) is 1.40. The number of carbonyl (C=O) groups is 1. The highest BCUT2D eigenvalue weighted by atomic mass is 127. The summed E-state index contributed by atoms with van der Waals surface area (Å²) in [4.78, 5) is 14.3. The Balaban J connectivity index is 2.23. The van der Waals surface area contributed by atoms with Crippen LogP contribution in [-0.2, 0) is 4.79 Å². The second-order valence-electron chi connectivity index (χ2n) is 4.12. The number of hydrogen-bond acceptors (Lipinski definition) is 2. The molecule has 1 aromatic heterocycles. The number of aromatic amines is 1. The monoisotopic (exact) mass is 351 g/mol. The van der Waals surface area contributed by atoms with Crippen LogP contribution in [0.1, 0.15) is 6.92 Å². The van der Waals surface area contributed by atoms with Crippen molar-refractivity contribution in [1.82, 2.24) is 4.98 Å². The molecule has 0 saturated heterocycles. The Morgan fingerprint density at radius 3 is 2.72 bits per heavy atom. The van der Waals surface area contributed by atoms with E-state index in [0.29, 0.717) is 5.75 Å². The van der Waals surface area contributed by atoms with Gasteiger partial charge in [-0.1, -0.05) is 0 Å². The molecule has 0 aliphatic rings. The fourth-order valence-electron chi connectivity index (χ4n) is 2.08. The minimum Gasteiger partial charge on any atom is -0.427 e. The number of hydrogen-bond donors (Lipinski definition) is 1. The van der Waals surface area contributed by atoms with Crippen molar-refractivity contribution in [2.24, 2.45) is 0 Å². The highest BCUT2D eigenvalue weighted by molar-refractivity contribution is 14.1. The molecule has 4 heteroatoms. The molecule has 3 nitrogen and oxygen atoms in total. The summed E-state index contributed by atoms with van der Waals surface area (Å²) in [5.41, 5.74) is 2.07. The van der Waals surface area contributed by atoms with Crippen molar-refractivity contribution in [2.45, 2.75) is 6.92 Å². The van der Waals surface area contributed by atoms with Crippen molar-refractivity contribution in [3.8, 4) is 5.75 Å². The first-order chi connectivity index (χ1) is 8.63. The zero-order chi connectivity index (χ0) is 12.7. The van der Waals surface area contributed by atoms with Crippen molar-refractivity contribution in [1.29, 1.82) is 0 Å². The predicted molar refractivity (Wildman–Crippen MR) is 79.8 cm³/mol. The number of ether oxygens (including phenoxy) is 1. The summed E-state index contributed by atoms with van der Waals surface area (Å²) in [6.07, 6.45) is 0. The van der Waals surface area contributed by atoms with Gasteiger partial charge in [0.05, 0.1) is 5.52 Å². The molecular formula is C14H10INO2. The van der Waals surface area contributed by atoms with E-state index in [0.717, 1.165) is 16.4 Å². The first kappa shape index (κ1) is 11.5. The van der Waals surface area contributed by atoms with Gasteiger partial charge < -0.3 is 9.72 Å². The number of fused-ring (bicyclic) bond motifs is 3. The maximum atomic E-state index is 10.9. The average molecular weight is 351 g/mol. The van der Waals surface area contributed by atoms with Crippen LogP contribution in [0.4, 0.5) is 0 Å². The van der Waals surface area contributed by atoms with Gasteiger partial charge in [-0.15, -0.1) is 0 Å². The van der Waals surface area contributed by atoms with Crippen LogP contribution in [0.2, 0.25) is 0 Å². The summed E-state index contributed by atoms with van der Waals surface area (Å²) >= 11 is 2.30. The third kappa shape index (κ3) is 1.96. The van der Waals surface area contributed by atoms with Gasteiger partial charge in [-0.05, 0) is 52.9 Å². The number of benzene rings is 2. The molecule has 0 fully saturated rings. The Kier molecular flexibility index (Phi) is 2.74. The first-order valence-corrected chi connectivity index (χ1v) is 6.61. The maximum Gasteiger partial charge on any atom is 0.308 e. The Morgan fingerprint density at radius 2 is 1.94 bits per heavy atom. The van der Waals surface area contributed by atoms with Crippen LogP contribution in [0.3, 0.4) is 0 Å². The van der Waals surface area contributed by atoms with Crippen LogP contribution in [0.25, 0.3) is 21.8 Å². The quantitative estimate of drug-likeness (QED) is 0.411. The molecule has 0 amide bonds. The SMILES string of the molecule is CC(=O)Oc1ccc2c(c1)[nH]c1ccc(I)cc12. The van der Waals surface area contributed by atoms with Crippen molar-refractivity contribution in [3.05, 3.63) is 40.0 Å². The van der Waals surface area contributed by atoms with Crippen LogP contribution >= 0.6 is 22.6 Å². The van der Waals surface area contributed by atoms with Crippen molar-refractivity contribution in [2.75, 3.05) is 0 Å². The molecule has 0 radical (unpaired) electrons. The van der Waals surface area contributed by atoms with E-state index in [2.05, 4.69) is 45.8 Å². The standard InChI is InChI=1S/C14H10INO2/c1-8(17)18-10-3-4-11-12-6-9(15)2-5-13(12)16-14(11)7-10/h2-7,16H,1H3. The number of carbonyl (C=O) groups excluding carboxylic acids is 1. The lowest BCUT2D eigenvalue weighted by Crippen LogP contribution is -2.00. The molecule has 3 aromatic rings. The minimum absolute atomic E-state index is 0.306. The Hall–Kier alpha value is -1.56. The molecule has 90 valence electrons. The Labute approximate surface area is 117 Å². The lowest BCUT2D eigenvalue weighted by Gasteiger charge is -2.00. The van der Waals surface area contributed by atoms with Crippen LogP contribution in [0, 0.1) is 3.57 Å². The topological polar surface area (TPSA) is 42.1 Å². The lowest BCUT2D eigenvalue weighted by molar-refractivity contribution is -0.131. The maximum absolute atomic E-state index is 10.9. The zero-order valence-electron chi connectivity index (χ0n) is 9.66. The zero-order valence-corrected chi connectivity index (χ0v) is 11.8. The number of aromatic nitrogens is 1. The van der Waals surface area contributed by atoms with Gasteiger partial charge in [0.15, 0.2) is 0 Å². The second-order valence-corrected chi connectivity index (χ2v) is 5.36. The smallest absolute Gasteiger partial charge is 0.308 e. The van der Waals surface area contributed by atoms with Gasteiger partial charge in [0.1, 0.15) is 5.75 Å². The van der Waals surface area contributed by atoms with Gasteiger partial charge in [0, 0.05) is 32.8 Å². The van der Waals surface area contributed by atoms with E-state index in [1.54, 1.807) is 0 Å². The average Bonchev–Trinajstić information content (AvgIpc) is 2.65. The molecule has 1 heterocycles. The molecule has 0 bridgehead atoms. The Bertz CT molecular complexity index is 761. The van der Waals surface area contributed by atoms with E-state index in [1.165, 1.54) is 15.9 Å². The van der Waals surface area contributed by atoms with Crippen LogP contribution in [0.5, 0.6) is 5.75 Å². The predicted octanol–water partition coefficient (Wildman–Crippen LogP) is 3.85. The van der Waals surface area contributed by atoms with Gasteiger partial charge >= 0.3 is 5.97 Å². The minimum atomic E-state index is -0.306. The van der Waals surface area contributed by atoms with Gasteiger partial charge in [-0.25, -0.2) is 0 Å². The van der Waals surface area contributed by atoms with Gasteiger partial charge in [0.2, 0.25) is 0 Å². The molecule has 0 aliphatic carbocycles. The summed E-state index contributed by atoms with van der Waals surface area (Å²) < 4.78 is 6.28. The molecule has 18 heavy (non-hydrogen) atoms. The van der Waals surface area contributed by atoms with Gasteiger partial charge in [-0.3, -0.25) is 4.79 Å². The fourth-order valence-corrected chi connectivity index (χ4v) is 2.58. The summed E-state index contributed by atoms with van der Waals surface area (Å²) in [5.74, 6) is 0.260. The van der Waals surface area contributed by atoms with E-state index < -0.39 is 0 Å². The highest BCUT2D eigenvalue weighted by Crippen LogP contribution is 2.29. The molecular weight excluding hydrogens is 341 g/mol. The van der Waals surface area contributed by atoms with Gasteiger partial charge in [0.25, 0.3) is 0 Å². The van der Waals surface area contributed by atoms with Crippen molar-refractivity contribution < 1.29 is 9.53 Å². The van der Waals surface area contributed by atoms with E-state index in [4.69, 9.17) is 4.74 Å². The van der Waals surface area contributed by atoms with Crippen LogP contribution in [0.15, 0.2) is 36.4 Å². The molecule has 0 spiro atoms. The number of H-pyrrole nitrogens is 1. The molecule has 0 saturated carbocycles. The third-order valence-electron chi connectivity index (χ3n) is 2.79. The normalized spacial score (nSPS) is 11.0. The van der Waals surface area contributed by atoms with E-state index >= 15 is 0 Å². The van der Waals surface area contributed by atoms with Crippen LogP contribution < -0.4 is 4.74 Å². The van der Waals surface area contributed by atoms with Crippen molar-refractivity contribution >= 4 is 50.4 Å². The molecule has 0 unspecified atom stereocenters. The number of nitrogens with one attached hydrogen (secondary N) is 1. The largest absolute Gasteiger partial charge is 0.427 e. The van der Waals surface area contributed by atoms with E-state index in [1.807, 2.05) is 18.2 Å². The third-order valence-corrected chi connectivity index (χ3v) is 3.46. The molecule has 3 rings (SSSR count). The number of esters is 1. The molecule has 0 aliphatic heterocycles. The van der Waals surface area contributed by atoms with E-state index in [9.17, 15) is 4.79 Å². The van der Waals surface area contributed by atoms with Crippen molar-refractivity contribution in [3.63, 3.8) is 0 Å². The second kappa shape index (κ2) is 4.28. The highest BCUT2D eigenvalue weighted by Gasteiger charge is 2.06. The van der Waals surface area contributed by atoms with E-state index in [-0.39, 0.29) is 5.97 Å². The van der Waals surface area contributed by atoms with Gasteiger partial charge in [-0.2, -0.15) is 0 Å². The summed E-state index contributed by atoms with van der Waals surface area (Å²) in [7, 11) is 0.